The molecule has 3 aromatic rings. The van der Waals surface area contributed by atoms with Crippen molar-refractivity contribution in [3.05, 3.63) is 62.5 Å². The van der Waals surface area contributed by atoms with Crippen LogP contribution >= 0.6 is 23.2 Å². The molecule has 0 unspecified atom stereocenters. The maximum Gasteiger partial charge on any atom is 0.340 e. The quantitative estimate of drug-likeness (QED) is 0.712. The second-order valence-corrected chi connectivity index (χ2v) is 5.82. The maximum absolute atomic E-state index is 12.3. The molecule has 2 heterocycles. The molecule has 0 saturated carbocycles. The molecule has 122 valence electrons. The summed E-state index contributed by atoms with van der Waals surface area (Å²) in [6.07, 6.45) is 1.41. The standard InChI is InChI=1S/C17H12Cl2N2O3/c1-2-24-17(23)11-8-20-13-5-6-14(22)21-16(13)15(11)10-7-9(18)3-4-12(10)19/h3-8H,2H2,1H3,(H,21,22). The van der Waals surface area contributed by atoms with E-state index in [-0.39, 0.29) is 17.7 Å². The molecule has 24 heavy (non-hydrogen) atoms. The van der Waals surface area contributed by atoms with Crippen molar-refractivity contribution in [1.29, 1.82) is 0 Å². The molecule has 0 atom stereocenters. The third-order valence-electron chi connectivity index (χ3n) is 3.44. The number of hydrogen-bond donors (Lipinski definition) is 1. The smallest absolute Gasteiger partial charge is 0.340 e. The zero-order chi connectivity index (χ0) is 17.3. The van der Waals surface area contributed by atoms with Crippen molar-refractivity contribution in [1.82, 2.24) is 9.97 Å². The number of nitrogens with zero attached hydrogens (tertiary/aromatic N) is 1. The van der Waals surface area contributed by atoms with Gasteiger partial charge in [0.2, 0.25) is 5.56 Å². The van der Waals surface area contributed by atoms with Gasteiger partial charge in [0, 0.05) is 33.4 Å². The van der Waals surface area contributed by atoms with E-state index in [4.69, 9.17) is 27.9 Å². The molecule has 0 radical (unpaired) electrons. The van der Waals surface area contributed by atoms with Crippen LogP contribution in [0.3, 0.4) is 0 Å². The molecule has 2 aromatic heterocycles. The Kier molecular flexibility index (Phi) is 4.55. The summed E-state index contributed by atoms with van der Waals surface area (Å²) in [4.78, 5) is 31.0. The number of rotatable bonds is 3. The number of hydrogen-bond acceptors (Lipinski definition) is 4. The van der Waals surface area contributed by atoms with Gasteiger partial charge in [-0.2, -0.15) is 0 Å². The molecular formula is C17H12Cl2N2O3. The van der Waals surface area contributed by atoms with Crippen molar-refractivity contribution >= 4 is 40.2 Å². The van der Waals surface area contributed by atoms with Gasteiger partial charge < -0.3 is 9.72 Å². The predicted octanol–water partition coefficient (Wildman–Crippen LogP) is 4.07. The Balaban J connectivity index is 2.42. The van der Waals surface area contributed by atoms with E-state index in [9.17, 15) is 9.59 Å². The van der Waals surface area contributed by atoms with Crippen LogP contribution in [0.5, 0.6) is 0 Å². The van der Waals surface area contributed by atoms with Crippen LogP contribution in [0.1, 0.15) is 17.3 Å². The molecule has 0 aliphatic carbocycles. The summed E-state index contributed by atoms with van der Waals surface area (Å²) in [6.45, 7) is 1.92. The Morgan fingerprint density at radius 3 is 2.79 bits per heavy atom. The highest BCUT2D eigenvalue weighted by Gasteiger charge is 2.20. The lowest BCUT2D eigenvalue weighted by Gasteiger charge is -2.13. The number of H-pyrrole nitrogens is 1. The lowest BCUT2D eigenvalue weighted by molar-refractivity contribution is 0.0527. The maximum atomic E-state index is 12.3. The van der Waals surface area contributed by atoms with E-state index in [0.29, 0.717) is 32.2 Å². The van der Waals surface area contributed by atoms with Gasteiger partial charge in [-0.1, -0.05) is 23.2 Å². The van der Waals surface area contributed by atoms with E-state index in [1.165, 1.54) is 12.3 Å². The van der Waals surface area contributed by atoms with Gasteiger partial charge >= 0.3 is 5.97 Å². The first-order valence-corrected chi connectivity index (χ1v) is 7.91. The number of carbonyl (C=O) groups is 1. The SMILES string of the molecule is CCOC(=O)c1cnc2ccc(=O)[nH]c2c1-c1cc(Cl)ccc1Cl. The van der Waals surface area contributed by atoms with E-state index >= 15 is 0 Å². The summed E-state index contributed by atoms with van der Waals surface area (Å²) in [6, 6.07) is 7.84. The highest BCUT2D eigenvalue weighted by Crippen LogP contribution is 2.36. The van der Waals surface area contributed by atoms with Crippen LogP contribution in [0, 0.1) is 0 Å². The zero-order valence-electron chi connectivity index (χ0n) is 12.6. The van der Waals surface area contributed by atoms with Gasteiger partial charge in [0.1, 0.15) is 0 Å². The van der Waals surface area contributed by atoms with Crippen LogP contribution in [0.2, 0.25) is 10.0 Å². The third-order valence-corrected chi connectivity index (χ3v) is 4.01. The van der Waals surface area contributed by atoms with Gasteiger partial charge in [-0.15, -0.1) is 0 Å². The molecule has 0 aliphatic heterocycles. The Hall–Kier alpha value is -2.37. The number of aromatic nitrogens is 2. The summed E-state index contributed by atoms with van der Waals surface area (Å²) in [5.41, 5.74) is 1.76. The first-order valence-electron chi connectivity index (χ1n) is 7.16. The van der Waals surface area contributed by atoms with Crippen molar-refractivity contribution < 1.29 is 9.53 Å². The highest BCUT2D eigenvalue weighted by atomic mass is 35.5. The van der Waals surface area contributed by atoms with Crippen molar-refractivity contribution in [2.75, 3.05) is 6.61 Å². The average molecular weight is 363 g/mol. The minimum absolute atomic E-state index is 0.204. The predicted molar refractivity (Wildman–Crippen MR) is 93.8 cm³/mol. The molecule has 0 aliphatic rings. The minimum Gasteiger partial charge on any atom is -0.462 e. The number of pyridine rings is 2. The Morgan fingerprint density at radius 1 is 1.25 bits per heavy atom. The van der Waals surface area contributed by atoms with Gasteiger partial charge in [0.05, 0.1) is 23.2 Å². The van der Waals surface area contributed by atoms with Gasteiger partial charge in [0.15, 0.2) is 0 Å². The fourth-order valence-electron chi connectivity index (χ4n) is 2.43. The molecule has 7 heteroatoms. The van der Waals surface area contributed by atoms with Crippen LogP contribution < -0.4 is 5.56 Å². The fraction of sp³-hybridized carbons (Fsp3) is 0.118. The lowest BCUT2D eigenvalue weighted by Crippen LogP contribution is -2.11. The summed E-state index contributed by atoms with van der Waals surface area (Å²) in [5, 5.41) is 0.842. The van der Waals surface area contributed by atoms with Crippen LogP contribution in [0.4, 0.5) is 0 Å². The summed E-state index contributed by atoms with van der Waals surface area (Å²) in [7, 11) is 0. The van der Waals surface area contributed by atoms with Crippen molar-refractivity contribution in [2.45, 2.75) is 6.92 Å². The fourth-order valence-corrected chi connectivity index (χ4v) is 2.81. The van der Waals surface area contributed by atoms with E-state index in [1.54, 1.807) is 31.2 Å². The number of nitrogens with one attached hydrogen (secondary N) is 1. The number of ether oxygens (including phenoxy) is 1. The van der Waals surface area contributed by atoms with Crippen molar-refractivity contribution in [2.24, 2.45) is 0 Å². The third kappa shape index (κ3) is 3.00. The second-order valence-electron chi connectivity index (χ2n) is 4.97. The molecule has 1 aromatic carbocycles. The number of carbonyl (C=O) groups excluding carboxylic acids is 1. The summed E-state index contributed by atoms with van der Waals surface area (Å²) in [5.74, 6) is -0.553. The molecule has 5 nitrogen and oxygen atoms in total. The lowest BCUT2D eigenvalue weighted by atomic mass is 9.99. The van der Waals surface area contributed by atoms with Gasteiger partial charge in [-0.25, -0.2) is 4.79 Å². The van der Waals surface area contributed by atoms with Crippen LogP contribution in [0.25, 0.3) is 22.2 Å². The Labute approximate surface area is 147 Å². The first kappa shape index (κ1) is 16.5. The first-order chi connectivity index (χ1) is 11.5. The summed E-state index contributed by atoms with van der Waals surface area (Å²) < 4.78 is 5.09. The number of halogens is 2. The second kappa shape index (κ2) is 6.63. The molecule has 0 amide bonds. The molecule has 0 saturated heterocycles. The van der Waals surface area contributed by atoms with E-state index in [1.807, 2.05) is 0 Å². The van der Waals surface area contributed by atoms with Crippen LogP contribution in [0.15, 0.2) is 41.3 Å². The van der Waals surface area contributed by atoms with Crippen molar-refractivity contribution in [3.63, 3.8) is 0 Å². The zero-order valence-corrected chi connectivity index (χ0v) is 14.1. The monoisotopic (exact) mass is 362 g/mol. The van der Waals surface area contributed by atoms with Crippen molar-refractivity contribution in [3.8, 4) is 11.1 Å². The van der Waals surface area contributed by atoms with Gasteiger partial charge in [-0.3, -0.25) is 9.78 Å². The molecule has 1 N–H and O–H groups in total. The largest absolute Gasteiger partial charge is 0.462 e. The van der Waals surface area contributed by atoms with Crippen LogP contribution in [-0.4, -0.2) is 22.5 Å². The highest BCUT2D eigenvalue weighted by molar-refractivity contribution is 6.36. The Bertz CT molecular complexity index is 999. The van der Waals surface area contributed by atoms with Crippen LogP contribution in [-0.2, 0) is 4.74 Å². The van der Waals surface area contributed by atoms with E-state index in [2.05, 4.69) is 9.97 Å². The number of esters is 1. The normalized spacial score (nSPS) is 10.8. The number of benzene rings is 1. The van der Waals surface area contributed by atoms with E-state index < -0.39 is 5.97 Å². The van der Waals surface area contributed by atoms with Gasteiger partial charge in [0.25, 0.3) is 0 Å². The summed E-state index contributed by atoms with van der Waals surface area (Å²) >= 11 is 12.4. The topological polar surface area (TPSA) is 72.0 Å². The minimum atomic E-state index is -0.553. The molecule has 3 rings (SSSR count). The Morgan fingerprint density at radius 2 is 2.04 bits per heavy atom. The molecule has 0 bridgehead atoms. The molecule has 0 fully saturated rings. The number of aromatic amines is 1. The van der Waals surface area contributed by atoms with E-state index in [0.717, 1.165) is 0 Å². The molecular weight excluding hydrogens is 351 g/mol. The molecule has 0 spiro atoms. The average Bonchev–Trinajstić information content (AvgIpc) is 2.56. The van der Waals surface area contributed by atoms with Gasteiger partial charge in [-0.05, 0) is 31.2 Å². The number of fused-ring (bicyclic) bond motifs is 1.